The third-order valence-electron chi connectivity index (χ3n) is 6.02. The summed E-state index contributed by atoms with van der Waals surface area (Å²) in [5.74, 6) is 0.476. The zero-order valence-corrected chi connectivity index (χ0v) is 15.7. The lowest BCUT2D eigenvalue weighted by molar-refractivity contribution is -0.149. The number of nitrogens with zero attached hydrogens (tertiary/aromatic N) is 1. The third-order valence-corrected chi connectivity index (χ3v) is 6.02. The molecule has 1 heterocycles. The summed E-state index contributed by atoms with van der Waals surface area (Å²) in [5.41, 5.74) is 0.273. The van der Waals surface area contributed by atoms with Gasteiger partial charge < -0.3 is 19.5 Å². The zero-order valence-electron chi connectivity index (χ0n) is 15.7. The Kier molecular flexibility index (Phi) is 5.12. The second kappa shape index (κ2) is 7.17. The molecule has 1 aliphatic carbocycles. The molecule has 0 bridgehead atoms. The highest BCUT2D eigenvalue weighted by Crippen LogP contribution is 2.49. The molecule has 0 radical (unpaired) electrons. The smallest absolute Gasteiger partial charge is 0.311 e. The van der Waals surface area contributed by atoms with Crippen LogP contribution in [0.15, 0.2) is 18.2 Å². The summed E-state index contributed by atoms with van der Waals surface area (Å²) < 4.78 is 10.6. The molecule has 1 aromatic rings. The lowest BCUT2D eigenvalue weighted by Crippen LogP contribution is -2.39. The molecule has 142 valence electrons. The van der Waals surface area contributed by atoms with Gasteiger partial charge in [0.05, 0.1) is 19.6 Å². The second-order valence-corrected chi connectivity index (χ2v) is 7.56. The number of carbonyl (C=O) groups is 2. The number of amides is 1. The van der Waals surface area contributed by atoms with Crippen LogP contribution in [0, 0.1) is 17.3 Å². The van der Waals surface area contributed by atoms with Crippen LogP contribution in [0.4, 0.5) is 0 Å². The van der Waals surface area contributed by atoms with E-state index < -0.39 is 11.4 Å². The van der Waals surface area contributed by atoms with E-state index in [9.17, 15) is 14.7 Å². The summed E-state index contributed by atoms with van der Waals surface area (Å²) in [7, 11) is 3.18. The fourth-order valence-electron chi connectivity index (χ4n) is 4.57. The van der Waals surface area contributed by atoms with Gasteiger partial charge >= 0.3 is 5.97 Å². The Bertz CT molecular complexity index is 703. The van der Waals surface area contributed by atoms with Gasteiger partial charge in [-0.3, -0.25) is 9.59 Å². The van der Waals surface area contributed by atoms with Gasteiger partial charge in [-0.05, 0) is 42.9 Å². The number of aliphatic carboxylic acids is 1. The first-order valence-corrected chi connectivity index (χ1v) is 9.14. The molecule has 1 saturated heterocycles. The van der Waals surface area contributed by atoms with E-state index in [1.165, 1.54) is 0 Å². The van der Waals surface area contributed by atoms with E-state index in [4.69, 9.17) is 9.47 Å². The number of fused-ring (bicyclic) bond motifs is 1. The lowest BCUT2D eigenvalue weighted by Gasteiger charge is -2.25. The van der Waals surface area contributed by atoms with Crippen LogP contribution in [-0.2, 0) is 16.0 Å². The van der Waals surface area contributed by atoms with E-state index in [0.29, 0.717) is 37.4 Å². The van der Waals surface area contributed by atoms with Crippen LogP contribution in [0.1, 0.15) is 31.7 Å². The summed E-state index contributed by atoms with van der Waals surface area (Å²) >= 11 is 0. The predicted molar refractivity (Wildman–Crippen MR) is 96.4 cm³/mol. The Labute approximate surface area is 154 Å². The highest BCUT2D eigenvalue weighted by molar-refractivity contribution is 5.82. The number of carbonyl (C=O) groups excluding carboxylic acids is 1. The SMILES string of the molecule is COc1ccc(CC(C)C(=O)N2C[C@@H]3CCC[C@@]3(C(=O)O)C2)cc1OC. The van der Waals surface area contributed by atoms with E-state index in [-0.39, 0.29) is 17.7 Å². The van der Waals surface area contributed by atoms with Crippen molar-refractivity contribution in [3.8, 4) is 11.5 Å². The van der Waals surface area contributed by atoms with Crippen molar-refractivity contribution < 1.29 is 24.2 Å². The first-order chi connectivity index (χ1) is 12.4. The molecule has 6 heteroatoms. The number of carboxylic acids is 1. The van der Waals surface area contributed by atoms with Gasteiger partial charge in [0, 0.05) is 19.0 Å². The minimum atomic E-state index is -0.747. The van der Waals surface area contributed by atoms with E-state index in [1.807, 2.05) is 25.1 Å². The molecule has 1 aromatic carbocycles. The van der Waals surface area contributed by atoms with Gasteiger partial charge in [0.25, 0.3) is 0 Å². The average Bonchev–Trinajstić information content (AvgIpc) is 3.19. The van der Waals surface area contributed by atoms with Crippen LogP contribution in [0.2, 0.25) is 0 Å². The maximum absolute atomic E-state index is 12.9. The van der Waals surface area contributed by atoms with E-state index in [0.717, 1.165) is 18.4 Å². The van der Waals surface area contributed by atoms with Gasteiger partial charge in [-0.25, -0.2) is 0 Å². The number of benzene rings is 1. The fourth-order valence-corrected chi connectivity index (χ4v) is 4.57. The molecule has 3 rings (SSSR count). The fraction of sp³-hybridized carbons (Fsp3) is 0.600. The number of methoxy groups -OCH3 is 2. The molecule has 26 heavy (non-hydrogen) atoms. The summed E-state index contributed by atoms with van der Waals surface area (Å²) in [4.78, 5) is 26.5. The monoisotopic (exact) mass is 361 g/mol. The normalized spacial score (nSPS) is 25.7. The van der Waals surface area contributed by atoms with Crippen LogP contribution in [0.5, 0.6) is 11.5 Å². The van der Waals surface area contributed by atoms with Crippen molar-refractivity contribution in [1.29, 1.82) is 0 Å². The summed E-state index contributed by atoms with van der Waals surface area (Å²) in [5, 5.41) is 9.69. The molecule has 0 spiro atoms. The van der Waals surface area contributed by atoms with Crippen molar-refractivity contribution in [3.05, 3.63) is 23.8 Å². The Morgan fingerprint density at radius 2 is 2.04 bits per heavy atom. The number of hydrogen-bond acceptors (Lipinski definition) is 4. The van der Waals surface area contributed by atoms with Crippen LogP contribution >= 0.6 is 0 Å². The molecule has 1 saturated carbocycles. The number of ether oxygens (including phenoxy) is 2. The number of carboxylic acid groups (broad SMARTS) is 1. The molecule has 1 unspecified atom stereocenters. The molecular formula is C20H27NO5. The van der Waals surface area contributed by atoms with Gasteiger partial charge in [-0.1, -0.05) is 19.4 Å². The Balaban J connectivity index is 1.68. The van der Waals surface area contributed by atoms with Crippen molar-refractivity contribution >= 4 is 11.9 Å². The zero-order chi connectivity index (χ0) is 18.9. The summed E-state index contributed by atoms with van der Waals surface area (Å²) in [6.07, 6.45) is 3.11. The van der Waals surface area contributed by atoms with Crippen molar-refractivity contribution in [1.82, 2.24) is 4.90 Å². The topological polar surface area (TPSA) is 76.1 Å². The van der Waals surface area contributed by atoms with E-state index in [2.05, 4.69) is 0 Å². The molecule has 3 atom stereocenters. The van der Waals surface area contributed by atoms with Crippen molar-refractivity contribution in [2.45, 2.75) is 32.6 Å². The maximum Gasteiger partial charge on any atom is 0.311 e. The first kappa shape index (κ1) is 18.5. The quantitative estimate of drug-likeness (QED) is 0.843. The number of rotatable bonds is 6. The molecule has 0 aromatic heterocycles. The Hall–Kier alpha value is -2.24. The standard InChI is InChI=1S/C20H27NO5/c1-13(9-14-6-7-16(25-2)17(10-14)26-3)18(22)21-11-15-5-4-8-20(15,12-21)19(23)24/h6-7,10,13,15H,4-5,8-9,11-12H2,1-3H3,(H,23,24)/t13?,15-,20+/m0/s1. The van der Waals surface area contributed by atoms with Gasteiger partial charge in [0.1, 0.15) is 0 Å². The molecule has 6 nitrogen and oxygen atoms in total. The summed E-state index contributed by atoms with van der Waals surface area (Å²) in [6, 6.07) is 5.66. The highest BCUT2D eigenvalue weighted by atomic mass is 16.5. The van der Waals surface area contributed by atoms with Gasteiger partial charge in [-0.15, -0.1) is 0 Å². The molecule has 2 fully saturated rings. The number of hydrogen-bond donors (Lipinski definition) is 1. The van der Waals surface area contributed by atoms with Gasteiger partial charge in [0.2, 0.25) is 5.91 Å². The summed E-state index contributed by atoms with van der Waals surface area (Å²) in [6.45, 7) is 2.82. The largest absolute Gasteiger partial charge is 0.493 e. The van der Waals surface area contributed by atoms with Crippen molar-refractivity contribution in [2.24, 2.45) is 17.3 Å². The van der Waals surface area contributed by atoms with Crippen LogP contribution in [-0.4, -0.2) is 49.2 Å². The minimum Gasteiger partial charge on any atom is -0.493 e. The minimum absolute atomic E-state index is 0.0369. The first-order valence-electron chi connectivity index (χ1n) is 9.14. The molecule has 1 aliphatic heterocycles. The molecule has 1 amide bonds. The Morgan fingerprint density at radius 1 is 1.31 bits per heavy atom. The highest BCUT2D eigenvalue weighted by Gasteiger charge is 2.55. The second-order valence-electron chi connectivity index (χ2n) is 7.56. The van der Waals surface area contributed by atoms with E-state index in [1.54, 1.807) is 19.1 Å². The predicted octanol–water partition coefficient (Wildman–Crippen LogP) is 2.60. The van der Waals surface area contributed by atoms with Crippen molar-refractivity contribution in [3.63, 3.8) is 0 Å². The third kappa shape index (κ3) is 3.13. The molecule has 1 N–H and O–H groups in total. The van der Waals surface area contributed by atoms with Crippen LogP contribution < -0.4 is 9.47 Å². The molecular weight excluding hydrogens is 334 g/mol. The van der Waals surface area contributed by atoms with E-state index >= 15 is 0 Å². The number of likely N-dealkylation sites (tertiary alicyclic amines) is 1. The van der Waals surface area contributed by atoms with Crippen LogP contribution in [0.25, 0.3) is 0 Å². The van der Waals surface area contributed by atoms with Gasteiger partial charge in [-0.2, -0.15) is 0 Å². The average molecular weight is 361 g/mol. The van der Waals surface area contributed by atoms with Crippen LogP contribution in [0.3, 0.4) is 0 Å². The van der Waals surface area contributed by atoms with Crippen molar-refractivity contribution in [2.75, 3.05) is 27.3 Å². The maximum atomic E-state index is 12.9. The Morgan fingerprint density at radius 3 is 2.65 bits per heavy atom. The van der Waals surface area contributed by atoms with Gasteiger partial charge in [0.15, 0.2) is 11.5 Å². The molecule has 2 aliphatic rings. The lowest BCUT2D eigenvalue weighted by atomic mass is 9.81.